The summed E-state index contributed by atoms with van der Waals surface area (Å²) in [6.45, 7) is 0. The molecule has 1 aliphatic rings. The second kappa shape index (κ2) is 8.57. The molecule has 31 heavy (non-hydrogen) atoms. The molecule has 0 aliphatic heterocycles. The average molecular weight is 442 g/mol. The summed E-state index contributed by atoms with van der Waals surface area (Å²) in [6, 6.07) is 6.63. The third-order valence-corrected chi connectivity index (χ3v) is 5.31. The zero-order valence-electron chi connectivity index (χ0n) is 16.0. The molecule has 1 aromatic carbocycles. The van der Waals surface area contributed by atoms with E-state index in [0.29, 0.717) is 24.0 Å². The zero-order valence-corrected chi connectivity index (χ0v) is 16.8. The molecule has 1 aliphatic carbocycles. The van der Waals surface area contributed by atoms with Gasteiger partial charge in [0.25, 0.3) is 0 Å². The van der Waals surface area contributed by atoms with Gasteiger partial charge in [-0.05, 0) is 47.7 Å². The van der Waals surface area contributed by atoms with E-state index in [1.807, 2.05) is 6.07 Å². The summed E-state index contributed by atoms with van der Waals surface area (Å²) in [5, 5.41) is 11.8. The molecule has 2 aromatic heterocycles. The zero-order chi connectivity index (χ0) is 22.0. The highest BCUT2D eigenvalue weighted by Crippen LogP contribution is 2.33. The topological polar surface area (TPSA) is 116 Å². The van der Waals surface area contributed by atoms with Gasteiger partial charge in [0.05, 0.1) is 16.6 Å². The second-order valence-electron chi connectivity index (χ2n) is 6.90. The number of hydrogen-bond acceptors (Lipinski definition) is 5. The first-order valence-electron chi connectivity index (χ1n) is 9.35. The van der Waals surface area contributed by atoms with E-state index < -0.39 is 18.0 Å². The summed E-state index contributed by atoms with van der Waals surface area (Å²) in [4.78, 5) is 31.7. The van der Waals surface area contributed by atoms with Crippen LogP contribution in [0.3, 0.4) is 0 Å². The number of carboxylic acid groups (broad SMARTS) is 1. The van der Waals surface area contributed by atoms with E-state index in [-0.39, 0.29) is 22.2 Å². The molecule has 0 saturated carbocycles. The molecule has 8 nitrogen and oxygen atoms in total. The second-order valence-corrected chi connectivity index (χ2v) is 7.31. The van der Waals surface area contributed by atoms with Gasteiger partial charge in [0.1, 0.15) is 5.82 Å². The van der Waals surface area contributed by atoms with Gasteiger partial charge < -0.3 is 10.4 Å². The molecular formula is C21H17ClFN5O3. The van der Waals surface area contributed by atoms with Crippen molar-refractivity contribution >= 4 is 29.4 Å². The minimum atomic E-state index is -1.17. The molecule has 0 radical (unpaired) electrons. The fourth-order valence-electron chi connectivity index (χ4n) is 3.55. The van der Waals surface area contributed by atoms with Crippen molar-refractivity contribution in [2.45, 2.75) is 18.9 Å². The van der Waals surface area contributed by atoms with Crippen molar-refractivity contribution in [2.75, 3.05) is 5.43 Å². The number of carbonyl (C=O) groups excluding carboxylic acids is 1. The van der Waals surface area contributed by atoms with Crippen molar-refractivity contribution in [2.24, 2.45) is 0 Å². The van der Waals surface area contributed by atoms with Crippen LogP contribution in [0.1, 0.15) is 38.7 Å². The summed E-state index contributed by atoms with van der Waals surface area (Å²) < 4.78 is 14.5. The number of nitrogens with zero attached hydrogens (tertiary/aromatic N) is 2. The number of aromatic nitrogens is 2. The van der Waals surface area contributed by atoms with E-state index in [2.05, 4.69) is 26.1 Å². The Balaban J connectivity index is 1.55. The molecule has 0 spiro atoms. The van der Waals surface area contributed by atoms with Crippen LogP contribution < -0.4 is 16.2 Å². The van der Waals surface area contributed by atoms with Crippen molar-refractivity contribution < 1.29 is 19.1 Å². The quantitative estimate of drug-likeness (QED) is 0.461. The van der Waals surface area contributed by atoms with E-state index in [1.54, 1.807) is 24.5 Å². The Morgan fingerprint density at radius 1 is 1.16 bits per heavy atom. The van der Waals surface area contributed by atoms with Crippen molar-refractivity contribution in [3.63, 3.8) is 0 Å². The largest absolute Gasteiger partial charge is 0.478 e. The fourth-order valence-corrected chi connectivity index (χ4v) is 3.76. The Hall–Kier alpha value is -3.72. The number of carboxylic acids is 1. The molecule has 1 unspecified atom stereocenters. The number of aromatic carboxylic acids is 1. The normalized spacial score (nSPS) is 14.6. The maximum atomic E-state index is 14.5. The number of aryl methyl sites for hydroxylation is 1. The predicted molar refractivity (Wildman–Crippen MR) is 111 cm³/mol. The fraction of sp³-hybridized carbons (Fsp3) is 0.143. The number of hydrogen-bond donors (Lipinski definition) is 4. The van der Waals surface area contributed by atoms with E-state index in [9.17, 15) is 14.0 Å². The molecule has 1 atom stereocenters. The Kier molecular flexibility index (Phi) is 5.68. The van der Waals surface area contributed by atoms with Crippen LogP contribution in [0.4, 0.5) is 15.0 Å². The third-order valence-electron chi connectivity index (χ3n) is 5.03. The lowest BCUT2D eigenvalue weighted by Gasteiger charge is -2.22. The molecule has 4 rings (SSSR count). The number of pyridine rings is 2. The van der Waals surface area contributed by atoms with Crippen LogP contribution >= 0.6 is 11.6 Å². The minimum absolute atomic E-state index is 0.0247. The number of halogens is 2. The number of fused-ring (bicyclic) bond motifs is 2. The van der Waals surface area contributed by atoms with E-state index in [0.717, 1.165) is 17.3 Å². The lowest BCUT2D eigenvalue weighted by atomic mass is 9.96. The number of nitrogens with one attached hydrogen (secondary N) is 3. The van der Waals surface area contributed by atoms with E-state index in [4.69, 9.17) is 16.7 Å². The molecule has 0 saturated heterocycles. The molecule has 0 fully saturated rings. The number of benzene rings is 1. The van der Waals surface area contributed by atoms with Gasteiger partial charge in [0.2, 0.25) is 0 Å². The molecule has 0 bridgehead atoms. The van der Waals surface area contributed by atoms with Crippen LogP contribution in [-0.4, -0.2) is 27.1 Å². The Labute approximate surface area is 181 Å². The molecular weight excluding hydrogens is 425 g/mol. The van der Waals surface area contributed by atoms with Gasteiger partial charge in [-0.1, -0.05) is 23.7 Å². The summed E-state index contributed by atoms with van der Waals surface area (Å²) in [5.74, 6) is -1.41. The Bertz CT molecular complexity index is 1170. The summed E-state index contributed by atoms with van der Waals surface area (Å²) in [5.41, 5.74) is 7.85. The number of hydrazine groups is 1. The molecule has 2 amide bonds. The van der Waals surface area contributed by atoms with Crippen LogP contribution in [-0.2, 0) is 12.8 Å². The Morgan fingerprint density at radius 2 is 2.00 bits per heavy atom. The number of amides is 2. The maximum absolute atomic E-state index is 14.5. The average Bonchev–Trinajstić information content (AvgIpc) is 2.91. The van der Waals surface area contributed by atoms with Gasteiger partial charge in [0, 0.05) is 24.2 Å². The molecule has 10 heteroatoms. The van der Waals surface area contributed by atoms with E-state index >= 15 is 0 Å². The van der Waals surface area contributed by atoms with Crippen molar-refractivity contribution in [1.82, 2.24) is 20.7 Å². The smallest absolute Gasteiger partial charge is 0.337 e. The van der Waals surface area contributed by atoms with Gasteiger partial charge >= 0.3 is 12.0 Å². The molecule has 4 N–H and O–H groups in total. The number of urea groups is 1. The number of rotatable bonds is 4. The highest BCUT2D eigenvalue weighted by atomic mass is 35.5. The van der Waals surface area contributed by atoms with Gasteiger partial charge in [0.15, 0.2) is 5.82 Å². The lowest BCUT2D eigenvalue weighted by Crippen LogP contribution is -2.41. The van der Waals surface area contributed by atoms with Gasteiger partial charge in [-0.3, -0.25) is 15.8 Å². The van der Waals surface area contributed by atoms with Crippen LogP contribution in [0.2, 0.25) is 5.02 Å². The minimum Gasteiger partial charge on any atom is -0.478 e. The lowest BCUT2D eigenvalue weighted by molar-refractivity contribution is 0.0696. The van der Waals surface area contributed by atoms with Gasteiger partial charge in [-0.25, -0.2) is 19.0 Å². The molecule has 2 heterocycles. The first-order chi connectivity index (χ1) is 14.9. The third kappa shape index (κ3) is 4.26. The number of carbonyl (C=O) groups is 2. The first kappa shape index (κ1) is 20.5. The summed E-state index contributed by atoms with van der Waals surface area (Å²) in [6.07, 6.45) is 5.57. The molecule has 3 aromatic rings. The van der Waals surface area contributed by atoms with Crippen LogP contribution in [0.25, 0.3) is 0 Å². The number of anilines is 1. The highest BCUT2D eigenvalue weighted by molar-refractivity contribution is 6.33. The van der Waals surface area contributed by atoms with Crippen LogP contribution in [0.15, 0.2) is 48.9 Å². The van der Waals surface area contributed by atoms with E-state index in [1.165, 1.54) is 12.1 Å². The Morgan fingerprint density at radius 3 is 2.77 bits per heavy atom. The van der Waals surface area contributed by atoms with Crippen LogP contribution in [0.5, 0.6) is 0 Å². The van der Waals surface area contributed by atoms with Crippen molar-refractivity contribution in [3.8, 4) is 0 Å². The summed E-state index contributed by atoms with van der Waals surface area (Å²) in [7, 11) is 0. The first-order valence-corrected chi connectivity index (χ1v) is 9.73. The maximum Gasteiger partial charge on any atom is 0.337 e. The standard InChI is InChI=1S/C21H17ClFN5O3/c22-16-8-12(20(29)30)9-25-19(16)27-28-21(31)26-18-14-2-1-3-17(23)13(14)5-4-11-6-7-24-10-15(11)18/h1-3,6-10,18H,4-5H2,(H,25,27)(H,29,30)(H2,26,28,31). The van der Waals surface area contributed by atoms with Gasteiger partial charge in [-0.15, -0.1) is 0 Å². The monoisotopic (exact) mass is 441 g/mol. The SMILES string of the molecule is O=C(NNc1ncc(C(=O)O)cc1Cl)NC1c2cnccc2CCc2c(F)cccc21. The summed E-state index contributed by atoms with van der Waals surface area (Å²) >= 11 is 6.01. The van der Waals surface area contributed by atoms with Crippen molar-refractivity contribution in [1.29, 1.82) is 0 Å². The van der Waals surface area contributed by atoms with Gasteiger partial charge in [-0.2, -0.15) is 0 Å². The van der Waals surface area contributed by atoms with Crippen molar-refractivity contribution in [3.05, 3.63) is 87.6 Å². The van der Waals surface area contributed by atoms with Crippen LogP contribution in [0, 0.1) is 5.82 Å². The molecule has 158 valence electrons. The highest BCUT2D eigenvalue weighted by Gasteiger charge is 2.27. The predicted octanol–water partition coefficient (Wildman–Crippen LogP) is 3.48.